The van der Waals surface area contributed by atoms with E-state index in [1.165, 1.54) is 18.5 Å². The molecule has 0 fully saturated rings. The van der Waals surface area contributed by atoms with Crippen LogP contribution in [0.3, 0.4) is 0 Å². The van der Waals surface area contributed by atoms with Crippen molar-refractivity contribution in [2.24, 2.45) is 5.73 Å². The number of primary amides is 1. The third-order valence-corrected chi connectivity index (χ3v) is 2.86. The molecule has 0 saturated carbocycles. The van der Waals surface area contributed by atoms with Gasteiger partial charge in [-0.15, -0.1) is 0 Å². The summed E-state index contributed by atoms with van der Waals surface area (Å²) < 4.78 is 35.0. The minimum atomic E-state index is -0.725. The van der Waals surface area contributed by atoms with Crippen molar-refractivity contribution in [1.82, 2.24) is 9.97 Å². The van der Waals surface area contributed by atoms with E-state index in [0.717, 1.165) is 18.5 Å². The largest absolute Gasteiger partial charge is 0.444 e. The van der Waals surface area contributed by atoms with Gasteiger partial charge in [0.1, 0.15) is 22.8 Å². The monoisotopic (exact) mass is 504 g/mol. The van der Waals surface area contributed by atoms with Gasteiger partial charge in [0.05, 0.1) is 24.3 Å². The second kappa shape index (κ2) is 12.8. The zero-order valence-electron chi connectivity index (χ0n) is 18.2. The van der Waals surface area contributed by atoms with Gasteiger partial charge in [0.25, 0.3) is 0 Å². The Morgan fingerprint density at radius 1 is 0.903 bits per heavy atom. The topological polar surface area (TPSA) is 116 Å². The molecular weight excluding hydrogens is 478 g/mol. The quantitative estimate of drug-likeness (QED) is 0.534. The zero-order chi connectivity index (χ0) is 24.2. The highest BCUT2D eigenvalue weighted by Crippen LogP contribution is 2.11. The van der Waals surface area contributed by atoms with Crippen molar-refractivity contribution in [3.63, 3.8) is 0 Å². The Balaban J connectivity index is 0.000000477. The normalized spacial score (nSPS) is 10.5. The van der Waals surface area contributed by atoms with E-state index >= 15 is 0 Å². The molecule has 0 saturated heterocycles. The number of nitrogens with zero attached hydrogens (tertiary/aromatic N) is 2. The molecule has 3 N–H and O–H groups in total. The van der Waals surface area contributed by atoms with Gasteiger partial charge in [-0.3, -0.25) is 15.3 Å². The number of nitrogens with one attached hydrogen (secondary N) is 1. The zero-order valence-corrected chi connectivity index (χ0v) is 19.8. The van der Waals surface area contributed by atoms with Gasteiger partial charge in [0.15, 0.2) is 0 Å². The van der Waals surface area contributed by atoms with Crippen molar-refractivity contribution in [2.45, 2.75) is 52.7 Å². The smallest absolute Gasteiger partial charge is 0.412 e. The van der Waals surface area contributed by atoms with Gasteiger partial charge < -0.3 is 15.2 Å². The third-order valence-electron chi connectivity index (χ3n) is 2.43. The highest BCUT2D eigenvalue weighted by Gasteiger charge is 2.16. The van der Waals surface area contributed by atoms with Crippen LogP contribution in [-0.4, -0.2) is 33.4 Å². The van der Waals surface area contributed by atoms with Crippen molar-refractivity contribution in [3.8, 4) is 0 Å². The van der Waals surface area contributed by atoms with Crippen LogP contribution in [0.4, 0.5) is 24.1 Å². The third kappa shape index (κ3) is 17.7. The SMILES string of the molecule is CC(C)(C)OC(=O)Nc1cncc(F)c1.CC(C)(C)OC(N)=O.Fc1cncc(Br)c1. The van der Waals surface area contributed by atoms with Crippen LogP contribution in [0.25, 0.3) is 0 Å². The first-order valence-corrected chi connectivity index (χ1v) is 9.72. The molecule has 0 aliphatic carbocycles. The first-order chi connectivity index (χ1) is 14.1. The van der Waals surface area contributed by atoms with E-state index in [9.17, 15) is 18.4 Å². The van der Waals surface area contributed by atoms with E-state index in [1.807, 2.05) is 0 Å². The number of halogens is 3. The van der Waals surface area contributed by atoms with E-state index in [0.29, 0.717) is 4.47 Å². The molecule has 11 heteroatoms. The van der Waals surface area contributed by atoms with E-state index < -0.39 is 29.2 Å². The van der Waals surface area contributed by atoms with Crippen molar-refractivity contribution in [3.05, 3.63) is 53.0 Å². The molecule has 2 aromatic heterocycles. The Bertz CT molecular complexity index is 838. The number of amides is 2. The molecule has 0 aromatic carbocycles. The minimum absolute atomic E-state index is 0.268. The maximum atomic E-state index is 12.7. The molecule has 0 spiro atoms. The number of anilines is 1. The summed E-state index contributed by atoms with van der Waals surface area (Å²) >= 11 is 3.06. The van der Waals surface area contributed by atoms with Crippen LogP contribution in [0.15, 0.2) is 41.4 Å². The number of carbonyl (C=O) groups is 2. The fraction of sp³-hybridized carbons (Fsp3) is 0.400. The predicted molar refractivity (Wildman–Crippen MR) is 116 cm³/mol. The van der Waals surface area contributed by atoms with Crippen LogP contribution in [0.2, 0.25) is 0 Å². The number of hydrogen-bond donors (Lipinski definition) is 2. The number of carbonyl (C=O) groups excluding carboxylic acids is 2. The molecule has 2 rings (SSSR count). The van der Waals surface area contributed by atoms with Gasteiger partial charge in [0, 0.05) is 16.7 Å². The Morgan fingerprint density at radius 3 is 1.71 bits per heavy atom. The number of ether oxygens (including phenoxy) is 2. The number of hydrogen-bond acceptors (Lipinski definition) is 6. The van der Waals surface area contributed by atoms with Crippen molar-refractivity contribution < 1.29 is 27.8 Å². The first kappa shape index (κ1) is 28.2. The molecule has 172 valence electrons. The summed E-state index contributed by atoms with van der Waals surface area (Å²) in [5.41, 5.74) is 3.95. The molecule has 0 unspecified atom stereocenters. The maximum Gasteiger partial charge on any atom is 0.412 e. The lowest BCUT2D eigenvalue weighted by Gasteiger charge is -2.19. The highest BCUT2D eigenvalue weighted by molar-refractivity contribution is 9.10. The van der Waals surface area contributed by atoms with Crippen LogP contribution in [-0.2, 0) is 9.47 Å². The Labute approximate surface area is 188 Å². The van der Waals surface area contributed by atoms with Gasteiger partial charge >= 0.3 is 12.2 Å². The van der Waals surface area contributed by atoms with Gasteiger partial charge in [-0.05, 0) is 63.5 Å². The molecule has 2 amide bonds. The van der Waals surface area contributed by atoms with Gasteiger partial charge in [-0.2, -0.15) is 0 Å². The molecule has 2 aromatic rings. The van der Waals surface area contributed by atoms with Crippen molar-refractivity contribution in [2.75, 3.05) is 5.32 Å². The molecule has 8 nitrogen and oxygen atoms in total. The molecule has 2 heterocycles. The number of pyridine rings is 2. The molecule has 0 atom stereocenters. The summed E-state index contributed by atoms with van der Waals surface area (Å²) in [7, 11) is 0. The molecule has 0 bridgehead atoms. The summed E-state index contributed by atoms with van der Waals surface area (Å²) in [6.45, 7) is 10.5. The van der Waals surface area contributed by atoms with Crippen LogP contribution < -0.4 is 11.1 Å². The van der Waals surface area contributed by atoms with E-state index in [4.69, 9.17) is 10.5 Å². The maximum absolute atomic E-state index is 12.7. The van der Waals surface area contributed by atoms with Crippen molar-refractivity contribution in [1.29, 1.82) is 0 Å². The molecular formula is C20H27BrF2N4O4. The van der Waals surface area contributed by atoms with E-state index in [1.54, 1.807) is 41.5 Å². The molecule has 31 heavy (non-hydrogen) atoms. The lowest BCUT2D eigenvalue weighted by atomic mass is 10.2. The Kier molecular flexibility index (Phi) is 11.6. The predicted octanol–water partition coefficient (Wildman–Crippen LogP) is 5.43. The van der Waals surface area contributed by atoms with E-state index in [2.05, 4.69) is 36.0 Å². The first-order valence-electron chi connectivity index (χ1n) is 8.92. The lowest BCUT2D eigenvalue weighted by Crippen LogP contribution is -2.27. The number of rotatable bonds is 1. The Morgan fingerprint density at radius 2 is 1.39 bits per heavy atom. The summed E-state index contributed by atoms with van der Waals surface area (Å²) in [4.78, 5) is 28.4. The fourth-order valence-electron chi connectivity index (χ4n) is 1.59. The van der Waals surface area contributed by atoms with Crippen LogP contribution in [0.1, 0.15) is 41.5 Å². The van der Waals surface area contributed by atoms with Crippen LogP contribution in [0.5, 0.6) is 0 Å². The molecule has 0 aliphatic heterocycles. The highest BCUT2D eigenvalue weighted by atomic mass is 79.9. The summed E-state index contributed by atoms with van der Waals surface area (Å²) in [6.07, 6.45) is 3.73. The van der Waals surface area contributed by atoms with E-state index in [-0.39, 0.29) is 11.5 Å². The Hall–Kier alpha value is -2.82. The summed E-state index contributed by atoms with van der Waals surface area (Å²) in [6, 6.07) is 2.52. The second-order valence-electron chi connectivity index (χ2n) is 7.87. The van der Waals surface area contributed by atoms with Crippen molar-refractivity contribution >= 4 is 33.8 Å². The number of aromatic nitrogens is 2. The summed E-state index contributed by atoms with van der Waals surface area (Å²) in [5, 5.41) is 2.38. The van der Waals surface area contributed by atoms with Crippen LogP contribution in [0, 0.1) is 11.6 Å². The molecule has 0 aliphatic rings. The van der Waals surface area contributed by atoms with Gasteiger partial charge in [-0.25, -0.2) is 18.4 Å². The van der Waals surface area contributed by atoms with Gasteiger partial charge in [0.2, 0.25) is 0 Å². The molecule has 0 radical (unpaired) electrons. The minimum Gasteiger partial charge on any atom is -0.444 e. The number of nitrogens with two attached hydrogens (primary N) is 1. The fourth-order valence-corrected chi connectivity index (χ4v) is 1.93. The lowest BCUT2D eigenvalue weighted by molar-refractivity contribution is 0.0596. The average molecular weight is 505 g/mol. The summed E-state index contributed by atoms with van der Waals surface area (Å²) in [5.74, 6) is -0.831. The second-order valence-corrected chi connectivity index (χ2v) is 8.79. The van der Waals surface area contributed by atoms with Gasteiger partial charge in [-0.1, -0.05) is 0 Å². The van der Waals surface area contributed by atoms with Crippen LogP contribution >= 0.6 is 15.9 Å². The standard InChI is InChI=1S/C10H13FN2O2.C5H3BrFN.C5H11NO2/c1-10(2,3)15-9(14)13-8-4-7(11)5-12-6-8;6-4-1-5(7)3-8-2-4;1-5(2,3)8-4(6)7/h4-6H,1-3H3,(H,13,14);1-3H;1-3H3,(H2,6,7). The average Bonchev–Trinajstić information content (AvgIpc) is 2.51.